The topological polar surface area (TPSA) is 83.1 Å². The molecule has 0 bridgehead atoms. The molecule has 0 unspecified atom stereocenters. The highest BCUT2D eigenvalue weighted by Gasteiger charge is 2.20. The molecule has 0 fully saturated rings. The van der Waals surface area contributed by atoms with Crippen LogP contribution in [0.1, 0.15) is 22.3 Å². The molecular weight excluding hydrogens is 299 g/mol. The summed E-state index contributed by atoms with van der Waals surface area (Å²) in [5.74, 6) is 0. The molecule has 0 aliphatic rings. The molecule has 0 heterocycles. The second-order valence-corrected chi connectivity index (χ2v) is 5.35. The van der Waals surface area contributed by atoms with Gasteiger partial charge in [-0.1, -0.05) is 24.3 Å². The van der Waals surface area contributed by atoms with Crippen LogP contribution < -0.4 is 0 Å². The second-order valence-electron chi connectivity index (χ2n) is 4.39. The summed E-state index contributed by atoms with van der Waals surface area (Å²) in [6.45, 7) is 0.294. The van der Waals surface area contributed by atoms with Crippen LogP contribution in [0.25, 0.3) is 0 Å². The molecule has 0 N–H and O–H groups in total. The van der Waals surface area contributed by atoms with Crippen molar-refractivity contribution in [1.82, 2.24) is 0 Å². The summed E-state index contributed by atoms with van der Waals surface area (Å²) in [6.07, 6.45) is 0. The van der Waals surface area contributed by atoms with Crippen molar-refractivity contribution in [3.63, 3.8) is 0 Å². The molecule has 0 saturated heterocycles. The zero-order valence-corrected chi connectivity index (χ0v) is 12.5. The molecule has 0 aromatic heterocycles. The van der Waals surface area contributed by atoms with Gasteiger partial charge in [0.15, 0.2) is 0 Å². The first kappa shape index (κ1) is 15.8. The molecule has 0 amide bonds. The lowest BCUT2D eigenvalue weighted by molar-refractivity contribution is 0.213. The van der Waals surface area contributed by atoms with E-state index in [0.29, 0.717) is 11.1 Å². The molecule has 0 radical (unpaired) electrons. The Morgan fingerprint density at radius 3 is 1.45 bits per heavy atom. The second kappa shape index (κ2) is 8.02. The van der Waals surface area contributed by atoms with E-state index in [0.717, 1.165) is 11.1 Å². The molecule has 0 spiro atoms. The summed E-state index contributed by atoms with van der Waals surface area (Å²) in [6, 6.07) is 17.7. The van der Waals surface area contributed by atoms with Crippen LogP contribution in [-0.2, 0) is 26.8 Å². The number of hydrogen-bond donors (Lipinski definition) is 0. The Morgan fingerprint density at radius 1 is 0.773 bits per heavy atom. The van der Waals surface area contributed by atoms with Gasteiger partial charge in [-0.05, 0) is 35.4 Å². The van der Waals surface area contributed by atoms with Crippen molar-refractivity contribution in [2.75, 3.05) is 0 Å². The van der Waals surface area contributed by atoms with E-state index in [2.05, 4.69) is 0 Å². The molecule has 0 saturated carbocycles. The first-order valence-corrected chi connectivity index (χ1v) is 7.52. The molecule has 5 nitrogen and oxygen atoms in total. The maximum atomic E-state index is 11.6. The molecule has 22 heavy (non-hydrogen) atoms. The van der Waals surface area contributed by atoms with E-state index in [1.54, 1.807) is 48.5 Å². The maximum absolute atomic E-state index is 11.6. The van der Waals surface area contributed by atoms with Gasteiger partial charge in [0.05, 0.1) is 23.3 Å². The molecule has 2 aromatic carbocycles. The van der Waals surface area contributed by atoms with Crippen LogP contribution >= 0.6 is 8.25 Å². The minimum absolute atomic E-state index is 0.147. The lowest BCUT2D eigenvalue weighted by Crippen LogP contribution is -1.90. The fourth-order valence-corrected chi connectivity index (χ4v) is 2.23. The Morgan fingerprint density at radius 2 is 1.14 bits per heavy atom. The summed E-state index contributed by atoms with van der Waals surface area (Å²) >= 11 is 0. The summed E-state index contributed by atoms with van der Waals surface area (Å²) in [7, 11) is -2.23. The molecule has 6 heteroatoms. The summed E-state index contributed by atoms with van der Waals surface area (Å²) in [5, 5.41) is 17.4. The minimum Gasteiger partial charge on any atom is -0.192 e. The Kier molecular flexibility index (Phi) is 5.77. The number of nitriles is 2. The first-order chi connectivity index (χ1) is 10.7. The number of hydrogen-bond acceptors (Lipinski definition) is 5. The summed E-state index contributed by atoms with van der Waals surface area (Å²) in [5.41, 5.74) is 2.74. The van der Waals surface area contributed by atoms with Crippen LogP contribution in [0.4, 0.5) is 0 Å². The molecule has 0 aliphatic carbocycles. The van der Waals surface area contributed by atoms with Crippen LogP contribution in [0.15, 0.2) is 48.5 Å². The van der Waals surface area contributed by atoms with E-state index in [4.69, 9.17) is 19.6 Å². The van der Waals surface area contributed by atoms with Gasteiger partial charge >= 0.3 is 8.25 Å². The number of rotatable bonds is 6. The normalized spacial score (nSPS) is 9.73. The van der Waals surface area contributed by atoms with Crippen LogP contribution in [0.2, 0.25) is 0 Å². The fourth-order valence-electron chi connectivity index (χ4n) is 1.64. The largest absolute Gasteiger partial charge is 0.698 e. The SMILES string of the molecule is N#Cc1ccc(CO[P+](=O)OCc2ccc(C#N)cc2)cc1. The maximum Gasteiger partial charge on any atom is 0.698 e. The third-order valence-corrected chi connectivity index (χ3v) is 3.52. The van der Waals surface area contributed by atoms with Gasteiger partial charge < -0.3 is 0 Å². The Balaban J connectivity index is 1.77. The molecular formula is C16H12N2O3P+. The predicted octanol–water partition coefficient (Wildman–Crippen LogP) is 3.82. The molecule has 0 aliphatic heterocycles. The van der Waals surface area contributed by atoms with Gasteiger partial charge in [0, 0.05) is 4.57 Å². The lowest BCUT2D eigenvalue weighted by atomic mass is 10.2. The van der Waals surface area contributed by atoms with Gasteiger partial charge in [-0.15, -0.1) is 9.05 Å². The average Bonchev–Trinajstić information content (AvgIpc) is 2.59. The predicted molar refractivity (Wildman–Crippen MR) is 79.5 cm³/mol. The first-order valence-electron chi connectivity index (χ1n) is 6.42. The van der Waals surface area contributed by atoms with E-state index in [1.165, 1.54) is 0 Å². The van der Waals surface area contributed by atoms with Gasteiger partial charge in [0.2, 0.25) is 0 Å². The fraction of sp³-hybridized carbons (Fsp3) is 0.125. The van der Waals surface area contributed by atoms with Crippen molar-refractivity contribution in [3.05, 3.63) is 70.8 Å². The molecule has 108 valence electrons. The number of nitrogens with zero attached hydrogens (tertiary/aromatic N) is 2. The van der Waals surface area contributed by atoms with Crippen molar-refractivity contribution in [1.29, 1.82) is 10.5 Å². The van der Waals surface area contributed by atoms with Crippen molar-refractivity contribution in [2.24, 2.45) is 0 Å². The third-order valence-electron chi connectivity index (χ3n) is 2.84. The zero-order chi connectivity index (χ0) is 15.8. The monoisotopic (exact) mass is 311 g/mol. The summed E-state index contributed by atoms with van der Waals surface area (Å²) in [4.78, 5) is 0. The van der Waals surface area contributed by atoms with Gasteiger partial charge in [-0.25, -0.2) is 0 Å². The third kappa shape index (κ3) is 4.77. The van der Waals surface area contributed by atoms with Gasteiger partial charge in [0.25, 0.3) is 0 Å². The van der Waals surface area contributed by atoms with Crippen LogP contribution in [0, 0.1) is 22.7 Å². The Hall–Kier alpha value is -2.56. The van der Waals surface area contributed by atoms with Crippen LogP contribution in [-0.4, -0.2) is 0 Å². The van der Waals surface area contributed by atoms with Crippen molar-refractivity contribution >= 4 is 8.25 Å². The van der Waals surface area contributed by atoms with E-state index in [9.17, 15) is 4.57 Å². The molecule has 0 atom stereocenters. The minimum atomic E-state index is -2.23. The van der Waals surface area contributed by atoms with Crippen molar-refractivity contribution in [3.8, 4) is 12.1 Å². The standard InChI is InChI=1S/C16H12N2O3P/c17-9-13-1-5-15(6-2-13)11-20-22(19)21-12-16-7-3-14(10-18)4-8-16/h1-8H,11-12H2/q+1. The Bertz CT molecular complexity index is 664. The van der Waals surface area contributed by atoms with E-state index >= 15 is 0 Å². The highest BCUT2D eigenvalue weighted by atomic mass is 31.1. The van der Waals surface area contributed by atoms with Crippen molar-refractivity contribution < 1.29 is 13.6 Å². The van der Waals surface area contributed by atoms with Crippen LogP contribution in [0.3, 0.4) is 0 Å². The smallest absolute Gasteiger partial charge is 0.192 e. The quantitative estimate of drug-likeness (QED) is 0.757. The highest BCUT2D eigenvalue weighted by Crippen LogP contribution is 2.27. The highest BCUT2D eigenvalue weighted by molar-refractivity contribution is 7.33. The zero-order valence-electron chi connectivity index (χ0n) is 11.6. The average molecular weight is 311 g/mol. The van der Waals surface area contributed by atoms with Gasteiger partial charge in [-0.2, -0.15) is 10.5 Å². The van der Waals surface area contributed by atoms with E-state index < -0.39 is 8.25 Å². The lowest BCUT2D eigenvalue weighted by Gasteiger charge is -1.97. The van der Waals surface area contributed by atoms with Gasteiger partial charge in [0.1, 0.15) is 13.2 Å². The van der Waals surface area contributed by atoms with Crippen molar-refractivity contribution in [2.45, 2.75) is 13.2 Å². The Labute approximate surface area is 129 Å². The van der Waals surface area contributed by atoms with E-state index in [-0.39, 0.29) is 13.2 Å². The molecule has 2 rings (SSSR count). The van der Waals surface area contributed by atoms with Gasteiger partial charge in [-0.3, -0.25) is 0 Å². The number of benzene rings is 2. The van der Waals surface area contributed by atoms with E-state index in [1.807, 2.05) is 12.1 Å². The summed E-state index contributed by atoms with van der Waals surface area (Å²) < 4.78 is 21.9. The molecule has 2 aromatic rings. The van der Waals surface area contributed by atoms with Crippen LogP contribution in [0.5, 0.6) is 0 Å².